The maximum Gasteiger partial charge on any atom is 0.417 e. The molecule has 138 valence electrons. The number of aromatic nitrogens is 1. The first kappa shape index (κ1) is 18.7. The minimum atomic E-state index is -4.71. The van der Waals surface area contributed by atoms with E-state index in [4.69, 9.17) is 11.6 Å². The first-order chi connectivity index (χ1) is 12.0. The predicted molar refractivity (Wildman–Crippen MR) is 94.3 cm³/mol. The molecule has 26 heavy (non-hydrogen) atoms. The van der Waals surface area contributed by atoms with Crippen LogP contribution in [0.15, 0.2) is 46.1 Å². The van der Waals surface area contributed by atoms with E-state index in [1.165, 1.54) is 22.8 Å². The van der Waals surface area contributed by atoms with Crippen LogP contribution in [0.2, 0.25) is 5.02 Å². The number of anilines is 1. The average molecular weight is 423 g/mol. The average Bonchev–Trinajstić information content (AvgIpc) is 2.82. The zero-order valence-corrected chi connectivity index (χ0v) is 15.4. The van der Waals surface area contributed by atoms with Gasteiger partial charge in [0.15, 0.2) is 0 Å². The van der Waals surface area contributed by atoms with Crippen molar-refractivity contribution in [1.82, 2.24) is 4.57 Å². The van der Waals surface area contributed by atoms with E-state index in [0.29, 0.717) is 16.3 Å². The SMILES string of the molecule is Cn1c(=O)sc2cc(S(=O)(=O)Nc3ccc(Cl)c(C(F)(F)F)c3)ccc21. The second-order valence-corrected chi connectivity index (χ2v) is 8.44. The van der Waals surface area contributed by atoms with Gasteiger partial charge in [0, 0.05) is 12.7 Å². The molecule has 0 aliphatic heterocycles. The number of sulfonamides is 1. The van der Waals surface area contributed by atoms with Crippen LogP contribution in [0, 0.1) is 0 Å². The van der Waals surface area contributed by atoms with Crippen LogP contribution in [0.1, 0.15) is 5.56 Å². The molecule has 5 nitrogen and oxygen atoms in total. The highest BCUT2D eigenvalue weighted by molar-refractivity contribution is 7.92. The van der Waals surface area contributed by atoms with E-state index in [1.54, 1.807) is 7.05 Å². The van der Waals surface area contributed by atoms with E-state index >= 15 is 0 Å². The first-order valence-electron chi connectivity index (χ1n) is 6.98. The third-order valence-corrected chi connectivity index (χ3v) is 6.30. The highest BCUT2D eigenvalue weighted by Crippen LogP contribution is 2.36. The molecule has 1 heterocycles. The smallest absolute Gasteiger partial charge is 0.302 e. The van der Waals surface area contributed by atoms with Gasteiger partial charge in [-0.15, -0.1) is 0 Å². The normalized spacial score (nSPS) is 12.5. The van der Waals surface area contributed by atoms with Crippen LogP contribution in [-0.4, -0.2) is 13.0 Å². The van der Waals surface area contributed by atoms with Crippen molar-refractivity contribution < 1.29 is 21.6 Å². The second kappa shape index (κ2) is 6.29. The lowest BCUT2D eigenvalue weighted by molar-refractivity contribution is -0.137. The fourth-order valence-corrected chi connectivity index (χ4v) is 4.59. The lowest BCUT2D eigenvalue weighted by Gasteiger charge is -2.13. The molecular weight excluding hydrogens is 413 g/mol. The van der Waals surface area contributed by atoms with Crippen LogP contribution in [0.4, 0.5) is 18.9 Å². The van der Waals surface area contributed by atoms with Gasteiger partial charge >= 0.3 is 11.0 Å². The molecule has 0 bridgehead atoms. The summed E-state index contributed by atoms with van der Waals surface area (Å²) in [4.78, 5) is 11.2. The van der Waals surface area contributed by atoms with Gasteiger partial charge < -0.3 is 4.57 Å². The van der Waals surface area contributed by atoms with Gasteiger partial charge in [-0.1, -0.05) is 22.9 Å². The summed E-state index contributed by atoms with van der Waals surface area (Å²) in [6.45, 7) is 0. The summed E-state index contributed by atoms with van der Waals surface area (Å²) >= 11 is 6.40. The zero-order chi connectivity index (χ0) is 19.3. The minimum Gasteiger partial charge on any atom is -0.302 e. The standard InChI is InChI=1S/C15H10ClF3N2O3S2/c1-21-12-5-3-9(7-13(12)25-14(21)22)26(23,24)20-8-2-4-11(16)10(6-8)15(17,18)19/h2-7,20H,1H3. The Morgan fingerprint density at radius 1 is 1.15 bits per heavy atom. The molecule has 0 saturated carbocycles. The van der Waals surface area contributed by atoms with Crippen molar-refractivity contribution in [2.24, 2.45) is 7.05 Å². The summed E-state index contributed by atoms with van der Waals surface area (Å²) in [5.74, 6) is 0. The van der Waals surface area contributed by atoms with E-state index < -0.39 is 26.8 Å². The van der Waals surface area contributed by atoms with Crippen molar-refractivity contribution in [3.63, 3.8) is 0 Å². The van der Waals surface area contributed by atoms with Gasteiger partial charge in [-0.3, -0.25) is 9.52 Å². The molecular formula is C15H10ClF3N2O3S2. The molecule has 0 radical (unpaired) electrons. The van der Waals surface area contributed by atoms with Gasteiger partial charge in [0.25, 0.3) is 10.0 Å². The minimum absolute atomic E-state index is 0.171. The molecule has 0 unspecified atom stereocenters. The number of nitrogens with zero attached hydrogens (tertiary/aromatic N) is 1. The zero-order valence-electron chi connectivity index (χ0n) is 13.0. The predicted octanol–water partition coefficient (Wildman–Crippen LogP) is 4.07. The summed E-state index contributed by atoms with van der Waals surface area (Å²) in [6.07, 6.45) is -4.71. The maximum atomic E-state index is 12.9. The Hall–Kier alpha value is -2.04. The Morgan fingerprint density at radius 2 is 1.85 bits per heavy atom. The Bertz CT molecular complexity index is 1170. The Kier molecular flexibility index (Phi) is 4.53. The number of rotatable bonds is 3. The fraction of sp³-hybridized carbons (Fsp3) is 0.133. The quantitative estimate of drug-likeness (QED) is 0.691. The molecule has 0 saturated heterocycles. The monoisotopic (exact) mass is 422 g/mol. The van der Waals surface area contributed by atoms with Gasteiger partial charge in [0.1, 0.15) is 0 Å². The molecule has 0 aliphatic rings. The number of benzene rings is 2. The van der Waals surface area contributed by atoms with Crippen LogP contribution >= 0.6 is 22.9 Å². The van der Waals surface area contributed by atoms with E-state index in [2.05, 4.69) is 4.72 Å². The summed E-state index contributed by atoms with van der Waals surface area (Å²) in [7, 11) is -2.59. The first-order valence-corrected chi connectivity index (χ1v) is 9.66. The van der Waals surface area contributed by atoms with Crippen molar-refractivity contribution in [2.75, 3.05) is 4.72 Å². The molecule has 11 heteroatoms. The van der Waals surface area contributed by atoms with E-state index in [1.807, 2.05) is 0 Å². The molecule has 1 N–H and O–H groups in total. The molecule has 0 amide bonds. The maximum absolute atomic E-state index is 12.9. The molecule has 0 fully saturated rings. The molecule has 0 aliphatic carbocycles. The van der Waals surface area contributed by atoms with Gasteiger partial charge in [0.2, 0.25) is 0 Å². The van der Waals surface area contributed by atoms with Crippen molar-refractivity contribution in [1.29, 1.82) is 0 Å². The second-order valence-electron chi connectivity index (χ2n) is 5.35. The molecule has 0 spiro atoms. The van der Waals surface area contributed by atoms with E-state index in [-0.39, 0.29) is 15.5 Å². The molecule has 3 rings (SSSR count). The number of hydrogen-bond acceptors (Lipinski definition) is 4. The van der Waals surface area contributed by atoms with Crippen LogP contribution in [0.5, 0.6) is 0 Å². The molecule has 2 aromatic carbocycles. The largest absolute Gasteiger partial charge is 0.417 e. The molecule has 3 aromatic rings. The number of fused-ring (bicyclic) bond motifs is 1. The third kappa shape index (κ3) is 3.44. The van der Waals surface area contributed by atoms with Crippen LogP contribution in [-0.2, 0) is 23.2 Å². The molecule has 0 atom stereocenters. The fourth-order valence-electron chi connectivity index (χ4n) is 2.30. The third-order valence-electron chi connectivity index (χ3n) is 3.60. The van der Waals surface area contributed by atoms with Crippen molar-refractivity contribution >= 4 is 48.9 Å². The number of thiazole rings is 1. The lowest BCUT2D eigenvalue weighted by atomic mass is 10.2. The Morgan fingerprint density at radius 3 is 2.50 bits per heavy atom. The number of nitrogens with one attached hydrogen (secondary N) is 1. The lowest BCUT2D eigenvalue weighted by Crippen LogP contribution is -2.14. The highest BCUT2D eigenvalue weighted by atomic mass is 35.5. The van der Waals surface area contributed by atoms with Gasteiger partial charge in [-0.2, -0.15) is 13.2 Å². The number of hydrogen-bond donors (Lipinski definition) is 1. The van der Waals surface area contributed by atoms with Crippen molar-refractivity contribution in [2.45, 2.75) is 11.1 Å². The number of aryl methyl sites for hydroxylation is 1. The summed E-state index contributed by atoms with van der Waals surface area (Å²) in [6, 6.07) is 6.76. The van der Waals surface area contributed by atoms with Gasteiger partial charge in [0.05, 0.1) is 25.7 Å². The Balaban J connectivity index is 2.01. The van der Waals surface area contributed by atoms with Crippen LogP contribution in [0.25, 0.3) is 10.2 Å². The summed E-state index contributed by atoms with van der Waals surface area (Å²) in [5.41, 5.74) is -0.857. The van der Waals surface area contributed by atoms with Crippen molar-refractivity contribution in [3.8, 4) is 0 Å². The van der Waals surface area contributed by atoms with Crippen LogP contribution < -0.4 is 9.60 Å². The van der Waals surface area contributed by atoms with Crippen molar-refractivity contribution in [3.05, 3.63) is 56.7 Å². The van der Waals surface area contributed by atoms with E-state index in [9.17, 15) is 26.4 Å². The number of halogens is 4. The van der Waals surface area contributed by atoms with Gasteiger partial charge in [-0.25, -0.2) is 8.42 Å². The van der Waals surface area contributed by atoms with E-state index in [0.717, 1.165) is 23.5 Å². The summed E-state index contributed by atoms with van der Waals surface area (Å²) < 4.78 is 67.6. The topological polar surface area (TPSA) is 68.2 Å². The molecule has 1 aromatic heterocycles. The number of alkyl halides is 3. The van der Waals surface area contributed by atoms with Crippen LogP contribution in [0.3, 0.4) is 0 Å². The summed E-state index contributed by atoms with van der Waals surface area (Å²) in [5, 5.41) is -0.532. The highest BCUT2D eigenvalue weighted by Gasteiger charge is 2.33. The Labute approximate surface area is 154 Å². The van der Waals surface area contributed by atoms with Gasteiger partial charge in [-0.05, 0) is 36.4 Å².